The van der Waals surface area contributed by atoms with Gasteiger partial charge in [0.15, 0.2) is 6.29 Å². The van der Waals surface area contributed by atoms with Crippen LogP contribution in [0.2, 0.25) is 0 Å². The molecule has 0 spiro atoms. The molecule has 12 nitrogen and oxygen atoms in total. The van der Waals surface area contributed by atoms with Crippen LogP contribution >= 0.6 is 0 Å². The predicted molar refractivity (Wildman–Crippen MR) is 112 cm³/mol. The summed E-state index contributed by atoms with van der Waals surface area (Å²) >= 11 is 0. The Morgan fingerprint density at radius 3 is 2.06 bits per heavy atom. The number of carbonyl (C=O) groups excluding carboxylic acids is 3. The highest BCUT2D eigenvalue weighted by atomic mass is 16.7. The van der Waals surface area contributed by atoms with Crippen LogP contribution < -0.4 is 21.3 Å². The van der Waals surface area contributed by atoms with Gasteiger partial charge in [-0.3, -0.25) is 14.9 Å². The van der Waals surface area contributed by atoms with Crippen molar-refractivity contribution in [3.05, 3.63) is 0 Å². The van der Waals surface area contributed by atoms with Gasteiger partial charge in [0.2, 0.25) is 11.8 Å². The summed E-state index contributed by atoms with van der Waals surface area (Å²) in [6.07, 6.45) is -2.25. The van der Waals surface area contributed by atoms with E-state index < -0.39 is 24.2 Å². The van der Waals surface area contributed by atoms with Crippen LogP contribution in [0.3, 0.4) is 0 Å². The Morgan fingerprint density at radius 2 is 1.55 bits per heavy atom. The number of rotatable bonds is 16. The third kappa shape index (κ3) is 17.4. The van der Waals surface area contributed by atoms with Crippen LogP contribution in [0.15, 0.2) is 0 Å². The first-order chi connectivity index (χ1) is 14.6. The van der Waals surface area contributed by atoms with Gasteiger partial charge in [-0.2, -0.15) is 0 Å². The molecule has 0 aliphatic rings. The lowest BCUT2D eigenvalue weighted by molar-refractivity contribution is -0.237. The quantitative estimate of drug-likeness (QED) is 0.125. The lowest BCUT2D eigenvalue weighted by Gasteiger charge is -2.30. The average Bonchev–Trinajstić information content (AvgIpc) is 2.68. The van der Waals surface area contributed by atoms with Crippen LogP contribution in [0.4, 0.5) is 4.79 Å². The van der Waals surface area contributed by atoms with Gasteiger partial charge in [-0.25, -0.2) is 4.79 Å². The number of amides is 3. The highest BCUT2D eigenvalue weighted by Gasteiger charge is 2.24. The highest BCUT2D eigenvalue weighted by molar-refractivity contribution is 5.77. The summed E-state index contributed by atoms with van der Waals surface area (Å²) in [5, 5.41) is 28.5. The number of aliphatic hydroxyl groups excluding tert-OH is 2. The largest absolute Gasteiger partial charge is 0.444 e. The molecule has 0 heterocycles. The topological polar surface area (TPSA) is 167 Å². The normalized spacial score (nSPS) is 13.2. The maximum absolute atomic E-state index is 11.9. The molecule has 0 saturated heterocycles. The van der Waals surface area contributed by atoms with Gasteiger partial charge in [0.05, 0.1) is 18.8 Å². The summed E-state index contributed by atoms with van der Waals surface area (Å²) in [6.45, 7) is 7.74. The van der Waals surface area contributed by atoms with E-state index in [1.54, 1.807) is 0 Å². The van der Waals surface area contributed by atoms with E-state index in [4.69, 9.17) is 19.3 Å². The van der Waals surface area contributed by atoms with Crippen molar-refractivity contribution in [2.75, 3.05) is 46.0 Å². The van der Waals surface area contributed by atoms with E-state index in [1.807, 2.05) is 27.7 Å². The number of nitrogens with one attached hydrogen (secondary N) is 4. The van der Waals surface area contributed by atoms with E-state index in [0.29, 0.717) is 6.54 Å². The van der Waals surface area contributed by atoms with Crippen molar-refractivity contribution >= 4 is 17.9 Å². The third-order valence-corrected chi connectivity index (χ3v) is 3.48. The second-order valence-electron chi connectivity index (χ2n) is 7.47. The molecular formula is C19H38N4O8. The summed E-state index contributed by atoms with van der Waals surface area (Å²) in [5.41, 5.74) is -0.563. The third-order valence-electron chi connectivity index (χ3n) is 3.48. The summed E-state index contributed by atoms with van der Waals surface area (Å²) in [5.74, 6) is -0.597. The van der Waals surface area contributed by atoms with Crippen LogP contribution in [0.1, 0.15) is 40.5 Å². The van der Waals surface area contributed by atoms with Crippen molar-refractivity contribution in [3.8, 4) is 0 Å². The summed E-state index contributed by atoms with van der Waals surface area (Å²) in [4.78, 5) is 34.7. The van der Waals surface area contributed by atoms with E-state index in [0.717, 1.165) is 0 Å². The molecule has 0 fully saturated rings. The van der Waals surface area contributed by atoms with Crippen LogP contribution in [0.25, 0.3) is 0 Å². The molecule has 0 bridgehead atoms. The van der Waals surface area contributed by atoms with Gasteiger partial charge in [-0.05, 0) is 27.3 Å². The van der Waals surface area contributed by atoms with E-state index in [1.165, 1.54) is 0 Å². The fourth-order valence-electron chi connectivity index (χ4n) is 2.22. The fraction of sp³-hybridized carbons (Fsp3) is 0.842. The van der Waals surface area contributed by atoms with E-state index in [9.17, 15) is 19.5 Å². The van der Waals surface area contributed by atoms with Crippen LogP contribution in [0, 0.1) is 0 Å². The molecule has 0 radical (unpaired) electrons. The van der Waals surface area contributed by atoms with Crippen LogP contribution in [-0.4, -0.2) is 92.2 Å². The van der Waals surface area contributed by atoms with Gasteiger partial charge >= 0.3 is 6.09 Å². The van der Waals surface area contributed by atoms with Gasteiger partial charge in [0.1, 0.15) is 12.8 Å². The zero-order valence-corrected chi connectivity index (χ0v) is 18.9. The monoisotopic (exact) mass is 450 g/mol. The number of alkyl carbamates (subject to hydrolysis) is 1. The molecule has 0 aromatic heterocycles. The van der Waals surface area contributed by atoms with E-state index in [-0.39, 0.29) is 64.1 Å². The van der Waals surface area contributed by atoms with Crippen molar-refractivity contribution in [2.24, 2.45) is 0 Å². The molecule has 6 N–H and O–H groups in total. The van der Waals surface area contributed by atoms with Crippen LogP contribution in [0.5, 0.6) is 0 Å². The van der Waals surface area contributed by atoms with Gasteiger partial charge in [-0.1, -0.05) is 6.92 Å². The second-order valence-corrected chi connectivity index (χ2v) is 7.47. The Morgan fingerprint density at radius 1 is 0.935 bits per heavy atom. The molecule has 0 aromatic carbocycles. The van der Waals surface area contributed by atoms with Crippen molar-refractivity contribution in [3.63, 3.8) is 0 Å². The van der Waals surface area contributed by atoms with Crippen molar-refractivity contribution in [1.82, 2.24) is 21.3 Å². The summed E-state index contributed by atoms with van der Waals surface area (Å²) < 4.78 is 16.4. The lowest BCUT2D eigenvalue weighted by Crippen LogP contribution is -2.43. The molecular weight excluding hydrogens is 412 g/mol. The van der Waals surface area contributed by atoms with Gasteiger partial charge < -0.3 is 40.4 Å². The molecule has 2 unspecified atom stereocenters. The minimum absolute atomic E-state index is 0.0163. The molecule has 0 aromatic rings. The number of aliphatic hydroxyl groups is 2. The first-order valence-electron chi connectivity index (χ1n) is 10.3. The number of likely N-dealkylation sites (N-methyl/N-ethyl adjacent to an activating group) is 1. The molecule has 2 atom stereocenters. The lowest BCUT2D eigenvalue weighted by atomic mass is 10.2. The molecule has 3 amide bonds. The Bertz CT molecular complexity index is 528. The molecule has 12 heteroatoms. The predicted octanol–water partition coefficient (Wildman–Crippen LogP) is -1.20. The Balaban J connectivity index is 4.17. The van der Waals surface area contributed by atoms with Crippen molar-refractivity contribution in [2.45, 2.75) is 58.7 Å². The first-order valence-corrected chi connectivity index (χ1v) is 10.3. The maximum Gasteiger partial charge on any atom is 0.407 e. The van der Waals surface area contributed by atoms with E-state index in [2.05, 4.69) is 21.3 Å². The molecule has 31 heavy (non-hydrogen) atoms. The SMILES string of the molecule is CCNC(CO)OC(COC(=O)NCCC(=O)NCCNC(=O)CCO)OC(C)(C)C. The van der Waals surface area contributed by atoms with Crippen molar-refractivity contribution < 1.29 is 38.8 Å². The number of hydrogen-bond acceptors (Lipinski definition) is 9. The summed E-state index contributed by atoms with van der Waals surface area (Å²) in [6, 6.07) is 0. The average molecular weight is 451 g/mol. The molecule has 0 rings (SSSR count). The second kappa shape index (κ2) is 16.7. The Labute approximate surface area is 183 Å². The van der Waals surface area contributed by atoms with Gasteiger partial charge in [-0.15, -0.1) is 0 Å². The zero-order chi connectivity index (χ0) is 23.7. The zero-order valence-electron chi connectivity index (χ0n) is 18.9. The number of hydrogen-bond donors (Lipinski definition) is 6. The molecule has 0 aliphatic carbocycles. The number of ether oxygens (including phenoxy) is 3. The van der Waals surface area contributed by atoms with Crippen LogP contribution in [-0.2, 0) is 23.8 Å². The van der Waals surface area contributed by atoms with E-state index >= 15 is 0 Å². The first kappa shape index (κ1) is 29.0. The minimum Gasteiger partial charge on any atom is -0.444 e. The maximum atomic E-state index is 11.9. The Kier molecular flexibility index (Phi) is 15.6. The fourth-order valence-corrected chi connectivity index (χ4v) is 2.22. The van der Waals surface area contributed by atoms with Gasteiger partial charge in [0.25, 0.3) is 0 Å². The Hall–Kier alpha value is -1.99. The molecule has 0 aliphatic heterocycles. The highest BCUT2D eigenvalue weighted by Crippen LogP contribution is 2.13. The minimum atomic E-state index is -0.897. The van der Waals surface area contributed by atoms with Gasteiger partial charge in [0, 0.05) is 32.5 Å². The van der Waals surface area contributed by atoms with Crippen molar-refractivity contribution in [1.29, 1.82) is 0 Å². The molecule has 0 saturated carbocycles. The molecule has 182 valence electrons. The standard InChI is InChI=1S/C19H38N4O8/c1-5-20-16(12-25)30-17(31-19(2,3)4)13-29-18(28)23-8-6-14(26)21-9-10-22-15(27)7-11-24/h16-17,20,24-25H,5-13H2,1-4H3,(H,21,26)(H,22,27)(H,23,28). The smallest absolute Gasteiger partial charge is 0.407 e. The number of carbonyl (C=O) groups is 3. The summed E-state index contributed by atoms with van der Waals surface area (Å²) in [7, 11) is 0.